The molecule has 4 heterocycles. The van der Waals surface area contributed by atoms with E-state index in [1.54, 1.807) is 12.4 Å². The fourth-order valence-corrected chi connectivity index (χ4v) is 3.97. The second-order valence-corrected chi connectivity index (χ2v) is 9.18. The average molecular weight is 554 g/mol. The standard InChI is InChI=1S/C18H25F2N7O2.C6H4F2.C2H6/c1-18(19,20)15-24-17(29-25-15)26-5-2-12(3-6-26)11-28-14-8-22-16(23-9-14)27-7-4-13(21)10-27;7-5-1-2-6(8)4-3-5;1-2/h8-9,12-13H,2-7,10-11,21H2,1H3;1-4H;1-2H3. The topological polar surface area (TPSA) is 106 Å². The van der Waals surface area contributed by atoms with Crippen molar-refractivity contribution in [2.24, 2.45) is 11.7 Å². The van der Waals surface area contributed by atoms with Gasteiger partial charge < -0.3 is 24.8 Å². The van der Waals surface area contributed by atoms with Gasteiger partial charge in [0.15, 0.2) is 5.75 Å². The van der Waals surface area contributed by atoms with Crippen LogP contribution in [0.3, 0.4) is 0 Å². The zero-order valence-corrected chi connectivity index (χ0v) is 22.4. The second-order valence-electron chi connectivity index (χ2n) is 9.18. The number of nitrogens with zero attached hydrogens (tertiary/aromatic N) is 6. The summed E-state index contributed by atoms with van der Waals surface area (Å²) < 4.78 is 61.2. The van der Waals surface area contributed by atoms with Crippen LogP contribution in [0, 0.1) is 17.6 Å². The van der Waals surface area contributed by atoms with Crippen LogP contribution in [0.5, 0.6) is 5.75 Å². The van der Waals surface area contributed by atoms with Gasteiger partial charge in [0.1, 0.15) is 11.6 Å². The van der Waals surface area contributed by atoms with Crippen LogP contribution in [0.4, 0.5) is 29.5 Å². The number of nitrogens with two attached hydrogens (primary N) is 1. The van der Waals surface area contributed by atoms with Crippen molar-refractivity contribution in [3.63, 3.8) is 0 Å². The number of piperidine rings is 1. The van der Waals surface area contributed by atoms with Gasteiger partial charge >= 0.3 is 11.9 Å². The number of halogens is 4. The van der Waals surface area contributed by atoms with Gasteiger partial charge in [-0.15, -0.1) is 0 Å². The predicted molar refractivity (Wildman–Crippen MR) is 139 cm³/mol. The van der Waals surface area contributed by atoms with Gasteiger partial charge in [-0.25, -0.2) is 18.7 Å². The minimum Gasteiger partial charge on any atom is -0.490 e. The molecule has 39 heavy (non-hydrogen) atoms. The molecule has 214 valence electrons. The molecule has 0 aliphatic carbocycles. The third-order valence-corrected chi connectivity index (χ3v) is 6.10. The van der Waals surface area contributed by atoms with Crippen LogP contribution in [0.25, 0.3) is 0 Å². The highest BCUT2D eigenvalue weighted by molar-refractivity contribution is 5.33. The molecule has 0 saturated carbocycles. The molecule has 2 saturated heterocycles. The Kier molecular flexibility index (Phi) is 10.8. The van der Waals surface area contributed by atoms with E-state index in [0.717, 1.165) is 63.5 Å². The second kappa shape index (κ2) is 14.1. The summed E-state index contributed by atoms with van der Waals surface area (Å²) in [5, 5.41) is 3.37. The highest BCUT2D eigenvalue weighted by Gasteiger charge is 2.33. The molecule has 1 aromatic carbocycles. The first-order valence-electron chi connectivity index (χ1n) is 13.0. The lowest BCUT2D eigenvalue weighted by Gasteiger charge is -2.30. The minimum absolute atomic E-state index is 0.145. The quantitative estimate of drug-likeness (QED) is 0.431. The van der Waals surface area contributed by atoms with Gasteiger partial charge in [-0.2, -0.15) is 13.8 Å². The molecule has 0 amide bonds. The van der Waals surface area contributed by atoms with Crippen LogP contribution >= 0.6 is 0 Å². The lowest BCUT2D eigenvalue weighted by Crippen LogP contribution is -2.35. The molecular formula is C26H35F4N7O2. The van der Waals surface area contributed by atoms with Crippen LogP contribution in [0.1, 0.15) is 45.9 Å². The van der Waals surface area contributed by atoms with Crippen molar-refractivity contribution in [2.75, 3.05) is 42.6 Å². The summed E-state index contributed by atoms with van der Waals surface area (Å²) in [6, 6.07) is 4.64. The maximum Gasteiger partial charge on any atom is 0.324 e. The molecule has 2 N–H and O–H groups in total. The average Bonchev–Trinajstić information content (AvgIpc) is 3.61. The first kappa shape index (κ1) is 30.1. The Hall–Kier alpha value is -3.48. The summed E-state index contributed by atoms with van der Waals surface area (Å²) in [5.74, 6) is -2.86. The van der Waals surface area contributed by atoms with Gasteiger partial charge in [0, 0.05) is 39.1 Å². The maximum absolute atomic E-state index is 13.3. The lowest BCUT2D eigenvalue weighted by molar-refractivity contribution is 0.00559. The molecule has 2 aliphatic rings. The van der Waals surface area contributed by atoms with Crippen molar-refractivity contribution in [3.8, 4) is 5.75 Å². The van der Waals surface area contributed by atoms with Crippen LogP contribution < -0.4 is 20.3 Å². The van der Waals surface area contributed by atoms with Crippen LogP contribution in [0.15, 0.2) is 41.2 Å². The number of anilines is 2. The molecule has 3 aromatic rings. The normalized spacial score (nSPS) is 17.7. The van der Waals surface area contributed by atoms with Crippen molar-refractivity contribution in [1.29, 1.82) is 0 Å². The van der Waals surface area contributed by atoms with Crippen molar-refractivity contribution in [3.05, 3.63) is 54.1 Å². The predicted octanol–water partition coefficient (Wildman–Crippen LogP) is 4.80. The zero-order valence-electron chi connectivity index (χ0n) is 22.4. The molecule has 5 rings (SSSR count). The summed E-state index contributed by atoms with van der Waals surface area (Å²) >= 11 is 0. The number of rotatable bonds is 6. The SMILES string of the molecule is CC.CC(F)(F)c1noc(N2CCC(COc3cnc(N4CCC(N)C4)nc3)CC2)n1.Fc1ccc(F)cc1. The Morgan fingerprint density at radius 2 is 1.54 bits per heavy atom. The summed E-state index contributed by atoms with van der Waals surface area (Å²) in [6.07, 6.45) is 6.00. The van der Waals surface area contributed by atoms with Gasteiger partial charge in [-0.05, 0) is 49.4 Å². The maximum atomic E-state index is 13.3. The fraction of sp³-hybridized carbons (Fsp3) is 0.538. The largest absolute Gasteiger partial charge is 0.490 e. The minimum atomic E-state index is -3.10. The number of hydrogen-bond donors (Lipinski definition) is 1. The first-order valence-corrected chi connectivity index (χ1v) is 13.0. The van der Waals surface area contributed by atoms with Crippen molar-refractivity contribution in [2.45, 2.75) is 52.0 Å². The summed E-state index contributed by atoms with van der Waals surface area (Å²) in [7, 11) is 0. The molecule has 2 aromatic heterocycles. The van der Waals surface area contributed by atoms with Crippen LogP contribution in [0.2, 0.25) is 0 Å². The first-order chi connectivity index (χ1) is 18.7. The third-order valence-electron chi connectivity index (χ3n) is 6.10. The fourth-order valence-electron chi connectivity index (χ4n) is 3.97. The van der Waals surface area contributed by atoms with Gasteiger partial charge in [0.05, 0.1) is 19.0 Å². The highest BCUT2D eigenvalue weighted by Crippen LogP contribution is 2.28. The van der Waals surface area contributed by atoms with E-state index in [0.29, 0.717) is 37.3 Å². The third kappa shape index (κ3) is 9.05. The Bertz CT molecular complexity index is 1100. The van der Waals surface area contributed by atoms with Crippen LogP contribution in [-0.4, -0.2) is 58.9 Å². The summed E-state index contributed by atoms with van der Waals surface area (Å²) in [5.41, 5.74) is 5.92. The molecular weight excluding hydrogens is 518 g/mol. The van der Waals surface area contributed by atoms with Gasteiger partial charge in [-0.3, -0.25) is 0 Å². The summed E-state index contributed by atoms with van der Waals surface area (Å²) in [6.45, 7) is 8.24. The van der Waals surface area contributed by atoms with E-state index in [-0.39, 0.29) is 12.1 Å². The lowest BCUT2D eigenvalue weighted by atomic mass is 9.98. The Morgan fingerprint density at radius 3 is 2.03 bits per heavy atom. The number of alkyl halides is 2. The molecule has 2 fully saturated rings. The van der Waals surface area contributed by atoms with Crippen molar-refractivity contribution < 1.29 is 26.8 Å². The Labute approximate surface area is 225 Å². The molecule has 13 heteroatoms. The molecule has 1 atom stereocenters. The number of aromatic nitrogens is 4. The highest BCUT2D eigenvalue weighted by atomic mass is 19.3. The number of benzene rings is 1. The van der Waals surface area contributed by atoms with E-state index >= 15 is 0 Å². The van der Waals surface area contributed by atoms with E-state index in [9.17, 15) is 17.6 Å². The Morgan fingerprint density at radius 1 is 0.974 bits per heavy atom. The molecule has 0 bridgehead atoms. The van der Waals surface area contributed by atoms with Gasteiger partial charge in [0.2, 0.25) is 11.8 Å². The zero-order chi connectivity index (χ0) is 28.4. The van der Waals surface area contributed by atoms with Gasteiger partial charge in [-0.1, -0.05) is 19.0 Å². The molecule has 0 spiro atoms. The van der Waals surface area contributed by atoms with Crippen LogP contribution in [-0.2, 0) is 5.92 Å². The summed E-state index contributed by atoms with van der Waals surface area (Å²) in [4.78, 5) is 16.4. The smallest absolute Gasteiger partial charge is 0.324 e. The molecule has 2 aliphatic heterocycles. The van der Waals surface area contributed by atoms with E-state index < -0.39 is 23.4 Å². The monoisotopic (exact) mass is 553 g/mol. The molecule has 9 nitrogen and oxygen atoms in total. The van der Waals surface area contributed by atoms with E-state index in [1.807, 2.05) is 18.7 Å². The van der Waals surface area contributed by atoms with Gasteiger partial charge in [0.25, 0.3) is 0 Å². The Balaban J connectivity index is 0.000000357. The molecule has 0 radical (unpaired) electrons. The number of ether oxygens (including phenoxy) is 1. The van der Waals surface area contributed by atoms with Crippen molar-refractivity contribution in [1.82, 2.24) is 20.1 Å². The van der Waals surface area contributed by atoms with E-state index in [1.165, 1.54) is 0 Å². The molecule has 1 unspecified atom stereocenters. The van der Waals surface area contributed by atoms with E-state index in [2.05, 4.69) is 25.0 Å². The van der Waals surface area contributed by atoms with Crippen molar-refractivity contribution >= 4 is 12.0 Å². The number of hydrogen-bond acceptors (Lipinski definition) is 9. The van der Waals surface area contributed by atoms with E-state index in [4.69, 9.17) is 15.0 Å².